The smallest absolute Gasteiger partial charge is 0.354 e. The predicted octanol–water partition coefficient (Wildman–Crippen LogP) is 5.22. The minimum atomic E-state index is -1.08. The number of carboxylic acid groups (broad SMARTS) is 1. The fourth-order valence-corrected chi connectivity index (χ4v) is 5.09. The molecule has 1 aliphatic heterocycles. The van der Waals surface area contributed by atoms with E-state index in [4.69, 9.17) is 15.1 Å². The molecule has 2 aliphatic rings. The minimum Gasteiger partial charge on any atom is -0.477 e. The number of hydrogen-bond donors (Lipinski definition) is 3. The molecule has 0 aromatic carbocycles. The normalized spacial score (nSPS) is 21.2. The van der Waals surface area contributed by atoms with Gasteiger partial charge in [0.1, 0.15) is 11.6 Å². The van der Waals surface area contributed by atoms with E-state index >= 15 is 0 Å². The van der Waals surface area contributed by atoms with Crippen molar-refractivity contribution >= 4 is 23.3 Å². The third kappa shape index (κ3) is 5.81. The summed E-state index contributed by atoms with van der Waals surface area (Å²) in [6.07, 6.45) is 7.59. The molecular weight excluding hydrogens is 442 g/mol. The third-order valence-corrected chi connectivity index (χ3v) is 6.83. The Kier molecular flexibility index (Phi) is 7.69. The van der Waals surface area contributed by atoms with E-state index in [0.717, 1.165) is 50.2 Å². The lowest BCUT2D eigenvalue weighted by molar-refractivity contribution is -0.00546. The molecule has 0 radical (unpaired) electrons. The van der Waals surface area contributed by atoms with Gasteiger partial charge in [-0.1, -0.05) is 33.1 Å². The number of aromatic carboxylic acids is 1. The Balaban J connectivity index is 1.76. The van der Waals surface area contributed by atoms with Crippen LogP contribution in [0.1, 0.15) is 75.9 Å². The summed E-state index contributed by atoms with van der Waals surface area (Å²) in [5, 5.41) is 22.2. The van der Waals surface area contributed by atoms with Crippen LogP contribution < -0.4 is 10.2 Å². The van der Waals surface area contributed by atoms with E-state index in [9.17, 15) is 9.90 Å². The second-order valence-corrected chi connectivity index (χ2v) is 10.2. The molecule has 188 valence electrons. The SMILES string of the molecule is CC1CN(c2ccc(-c3cc(C(=O)O)nc(NC4CCCCC4)c3C(=N)C(C)C)cn2)CC(C)O1. The Bertz CT molecular complexity index is 1050. The molecule has 0 amide bonds. The highest BCUT2D eigenvalue weighted by Crippen LogP contribution is 2.34. The standard InChI is InChI=1S/C27H37N5O3/c1-16(2)25(28)24-21(12-22(27(33)34)31-26(24)30-20-8-6-5-7-9-20)19-10-11-23(29-13-19)32-14-17(3)35-18(4)15-32/h10-13,16-18,20,28H,5-9,14-15H2,1-4H3,(H,30,31)(H,33,34). The topological polar surface area (TPSA) is 111 Å². The first-order valence-corrected chi connectivity index (χ1v) is 12.7. The number of anilines is 2. The van der Waals surface area contributed by atoms with E-state index in [1.807, 2.05) is 26.0 Å². The second-order valence-electron chi connectivity index (χ2n) is 10.2. The molecule has 2 aromatic rings. The molecule has 1 saturated carbocycles. The largest absolute Gasteiger partial charge is 0.477 e. The van der Waals surface area contributed by atoms with Crippen LogP contribution in [0.5, 0.6) is 0 Å². The predicted molar refractivity (Wildman–Crippen MR) is 139 cm³/mol. The van der Waals surface area contributed by atoms with Crippen molar-refractivity contribution in [2.75, 3.05) is 23.3 Å². The quantitative estimate of drug-likeness (QED) is 0.467. The number of nitrogens with one attached hydrogen (secondary N) is 2. The molecule has 1 saturated heterocycles. The van der Waals surface area contributed by atoms with Crippen LogP contribution in [-0.4, -0.2) is 58.1 Å². The van der Waals surface area contributed by atoms with Gasteiger partial charge >= 0.3 is 5.97 Å². The maximum atomic E-state index is 12.0. The van der Waals surface area contributed by atoms with E-state index in [-0.39, 0.29) is 29.9 Å². The fraction of sp³-hybridized carbons (Fsp3) is 0.556. The van der Waals surface area contributed by atoms with Crippen molar-refractivity contribution < 1.29 is 14.6 Å². The van der Waals surface area contributed by atoms with Gasteiger partial charge in [0, 0.05) is 42.2 Å². The molecule has 0 bridgehead atoms. The first-order valence-electron chi connectivity index (χ1n) is 12.7. The Labute approximate surface area is 207 Å². The molecule has 8 heteroatoms. The van der Waals surface area contributed by atoms with E-state index in [1.165, 1.54) is 6.42 Å². The number of morpholine rings is 1. The van der Waals surface area contributed by atoms with Crippen molar-refractivity contribution in [3.05, 3.63) is 35.7 Å². The zero-order chi connectivity index (χ0) is 25.1. The zero-order valence-corrected chi connectivity index (χ0v) is 21.2. The van der Waals surface area contributed by atoms with Gasteiger partial charge in [0.25, 0.3) is 0 Å². The number of nitrogens with zero attached hydrogens (tertiary/aromatic N) is 3. The number of aromatic nitrogens is 2. The lowest BCUT2D eigenvalue weighted by Gasteiger charge is -2.36. The average Bonchev–Trinajstić information content (AvgIpc) is 2.83. The van der Waals surface area contributed by atoms with Gasteiger partial charge < -0.3 is 25.5 Å². The van der Waals surface area contributed by atoms with Crippen LogP contribution in [0.4, 0.5) is 11.6 Å². The van der Waals surface area contributed by atoms with Gasteiger partial charge in [-0.15, -0.1) is 0 Å². The highest BCUT2D eigenvalue weighted by molar-refractivity contribution is 6.09. The molecule has 2 aromatic heterocycles. The molecule has 8 nitrogen and oxygen atoms in total. The Morgan fingerprint density at radius 3 is 2.43 bits per heavy atom. The number of ether oxygens (including phenoxy) is 1. The molecule has 2 unspecified atom stereocenters. The monoisotopic (exact) mass is 479 g/mol. The van der Waals surface area contributed by atoms with Crippen LogP contribution >= 0.6 is 0 Å². The number of rotatable bonds is 7. The minimum absolute atomic E-state index is 0.0291. The lowest BCUT2D eigenvalue weighted by Crippen LogP contribution is -2.45. The summed E-state index contributed by atoms with van der Waals surface area (Å²) < 4.78 is 5.84. The second kappa shape index (κ2) is 10.7. The molecule has 3 N–H and O–H groups in total. The van der Waals surface area contributed by atoms with Crippen LogP contribution in [0.2, 0.25) is 0 Å². The van der Waals surface area contributed by atoms with Crippen molar-refractivity contribution in [3.63, 3.8) is 0 Å². The third-order valence-electron chi connectivity index (χ3n) is 6.83. The summed E-state index contributed by atoms with van der Waals surface area (Å²) in [6.45, 7) is 9.62. The number of carboxylic acids is 1. The highest BCUT2D eigenvalue weighted by atomic mass is 16.5. The van der Waals surface area contributed by atoms with Crippen molar-refractivity contribution in [2.45, 2.75) is 78.0 Å². The Morgan fingerprint density at radius 1 is 1.17 bits per heavy atom. The van der Waals surface area contributed by atoms with Crippen molar-refractivity contribution in [1.29, 1.82) is 5.41 Å². The van der Waals surface area contributed by atoms with E-state index in [1.54, 1.807) is 12.3 Å². The zero-order valence-electron chi connectivity index (χ0n) is 21.2. The maximum absolute atomic E-state index is 12.0. The van der Waals surface area contributed by atoms with Crippen LogP contribution in [-0.2, 0) is 4.74 Å². The van der Waals surface area contributed by atoms with Crippen LogP contribution in [0.15, 0.2) is 24.4 Å². The molecule has 0 spiro atoms. The Hall–Kier alpha value is -3.00. The van der Waals surface area contributed by atoms with Crippen molar-refractivity contribution in [1.82, 2.24) is 9.97 Å². The van der Waals surface area contributed by atoms with Gasteiger partial charge in [-0.2, -0.15) is 0 Å². The summed E-state index contributed by atoms with van der Waals surface area (Å²) in [5.74, 6) is 0.234. The van der Waals surface area contributed by atoms with Gasteiger partial charge in [-0.05, 0) is 56.4 Å². The fourth-order valence-electron chi connectivity index (χ4n) is 5.09. The molecule has 4 rings (SSSR count). The molecule has 2 fully saturated rings. The summed E-state index contributed by atoms with van der Waals surface area (Å²) in [5.41, 5.74) is 2.53. The molecule has 35 heavy (non-hydrogen) atoms. The van der Waals surface area contributed by atoms with Gasteiger partial charge in [-0.25, -0.2) is 14.8 Å². The van der Waals surface area contributed by atoms with Gasteiger partial charge in [0.05, 0.1) is 12.2 Å². The van der Waals surface area contributed by atoms with Crippen LogP contribution in [0.25, 0.3) is 11.1 Å². The number of pyridine rings is 2. The van der Waals surface area contributed by atoms with Crippen molar-refractivity contribution in [3.8, 4) is 11.1 Å². The van der Waals surface area contributed by atoms with E-state index in [0.29, 0.717) is 22.7 Å². The Morgan fingerprint density at radius 2 is 1.86 bits per heavy atom. The summed E-state index contributed by atoms with van der Waals surface area (Å²) in [4.78, 5) is 23.4. The van der Waals surface area contributed by atoms with Crippen molar-refractivity contribution in [2.24, 2.45) is 5.92 Å². The molecule has 2 atom stereocenters. The van der Waals surface area contributed by atoms with Gasteiger partial charge in [0.15, 0.2) is 5.69 Å². The van der Waals surface area contributed by atoms with Gasteiger partial charge in [-0.3, -0.25) is 0 Å². The summed E-state index contributed by atoms with van der Waals surface area (Å²) >= 11 is 0. The highest BCUT2D eigenvalue weighted by Gasteiger charge is 2.26. The lowest BCUT2D eigenvalue weighted by atomic mass is 9.91. The molecular formula is C27H37N5O3. The van der Waals surface area contributed by atoms with Crippen LogP contribution in [0.3, 0.4) is 0 Å². The summed E-state index contributed by atoms with van der Waals surface area (Å²) in [6, 6.07) is 5.75. The van der Waals surface area contributed by atoms with E-state index in [2.05, 4.69) is 29.0 Å². The molecule has 1 aliphatic carbocycles. The van der Waals surface area contributed by atoms with Crippen LogP contribution in [0, 0.1) is 11.3 Å². The maximum Gasteiger partial charge on any atom is 0.354 e. The first-order chi connectivity index (χ1) is 16.7. The average molecular weight is 480 g/mol. The number of hydrogen-bond acceptors (Lipinski definition) is 7. The molecule has 3 heterocycles. The van der Waals surface area contributed by atoms with E-state index < -0.39 is 5.97 Å². The summed E-state index contributed by atoms with van der Waals surface area (Å²) in [7, 11) is 0. The number of carbonyl (C=O) groups is 1. The van der Waals surface area contributed by atoms with Gasteiger partial charge in [0.2, 0.25) is 0 Å². The first kappa shape index (κ1) is 25.1.